The van der Waals surface area contributed by atoms with E-state index in [1.54, 1.807) is 0 Å². The van der Waals surface area contributed by atoms with E-state index in [1.165, 1.54) is 21.5 Å². The summed E-state index contributed by atoms with van der Waals surface area (Å²) in [4.78, 5) is 0. The Labute approximate surface area is 197 Å². The number of hydrogen-bond donors (Lipinski definition) is 0. The summed E-state index contributed by atoms with van der Waals surface area (Å²) >= 11 is 0. The predicted octanol–water partition coefficient (Wildman–Crippen LogP) is 8.46. The van der Waals surface area contributed by atoms with Gasteiger partial charge in [-0.05, 0) is 53.0 Å². The largest absolute Gasteiger partial charge is 0.410 e. The van der Waals surface area contributed by atoms with Crippen LogP contribution in [-0.2, 0) is 4.43 Å². The van der Waals surface area contributed by atoms with Crippen LogP contribution < -0.4 is 5.19 Å². The predicted molar refractivity (Wildman–Crippen MR) is 147 cm³/mol. The molecule has 0 saturated heterocycles. The molecule has 32 heavy (non-hydrogen) atoms. The van der Waals surface area contributed by atoms with Gasteiger partial charge in [0.2, 0.25) is 0 Å². The van der Waals surface area contributed by atoms with Crippen molar-refractivity contribution in [3.8, 4) is 0 Å². The van der Waals surface area contributed by atoms with Gasteiger partial charge in [-0.3, -0.25) is 0 Å². The molecular formula is C29H40OSi2. The maximum atomic E-state index is 6.95. The van der Waals surface area contributed by atoms with Crippen molar-refractivity contribution < 1.29 is 4.43 Å². The molecule has 0 fully saturated rings. The normalized spacial score (nSPS) is 14.2. The molecule has 0 aliphatic carbocycles. The average Bonchev–Trinajstić information content (AvgIpc) is 2.75. The number of rotatable bonds is 8. The first-order valence-corrected chi connectivity index (χ1v) is 18.0. The number of hydrogen-bond acceptors (Lipinski definition) is 1. The Bertz CT molecular complexity index is 1050. The fourth-order valence-corrected chi connectivity index (χ4v) is 7.18. The molecule has 0 bridgehead atoms. The van der Waals surface area contributed by atoms with E-state index in [4.69, 9.17) is 4.43 Å². The van der Waals surface area contributed by atoms with Crippen molar-refractivity contribution in [3.05, 3.63) is 90.5 Å². The Morgan fingerprint density at radius 1 is 0.781 bits per heavy atom. The second-order valence-corrected chi connectivity index (χ2v) is 20.6. The summed E-state index contributed by atoms with van der Waals surface area (Å²) < 4.78 is 6.95. The van der Waals surface area contributed by atoms with Crippen molar-refractivity contribution >= 4 is 32.4 Å². The molecular weight excluding hydrogens is 420 g/mol. The van der Waals surface area contributed by atoms with Gasteiger partial charge in [0.1, 0.15) is 0 Å². The first kappa shape index (κ1) is 24.7. The molecule has 3 aromatic rings. The molecule has 1 nitrogen and oxygen atoms in total. The maximum Gasteiger partial charge on any atom is 0.192 e. The van der Waals surface area contributed by atoms with E-state index in [1.807, 2.05) is 0 Å². The van der Waals surface area contributed by atoms with Gasteiger partial charge in [0.15, 0.2) is 8.32 Å². The summed E-state index contributed by atoms with van der Waals surface area (Å²) in [5.41, 5.74) is 1.29. The standard InChI is InChI=1S/C29H40OSi2/c1-29(2,3)32(6,7)30-28(26-21-20-24-15-11-12-16-25(24)23-26)19-13-14-22-31(4,5)27-17-9-8-10-18-27/h8-18,20-21,23,28H,19,22H2,1-7H3/b14-13+. The summed E-state index contributed by atoms with van der Waals surface area (Å²) in [6.45, 7) is 16.6. The Hall–Kier alpha value is -1.95. The van der Waals surface area contributed by atoms with Gasteiger partial charge in [-0.15, -0.1) is 0 Å². The molecule has 3 aromatic carbocycles. The first-order chi connectivity index (χ1) is 15.0. The van der Waals surface area contributed by atoms with Crippen LogP contribution >= 0.6 is 0 Å². The van der Waals surface area contributed by atoms with Crippen LogP contribution in [0.15, 0.2) is 84.9 Å². The van der Waals surface area contributed by atoms with E-state index in [0.717, 1.165) is 12.5 Å². The number of fused-ring (bicyclic) bond motifs is 1. The average molecular weight is 461 g/mol. The van der Waals surface area contributed by atoms with Crippen molar-refractivity contribution in [2.75, 3.05) is 0 Å². The minimum atomic E-state index is -1.89. The van der Waals surface area contributed by atoms with Crippen molar-refractivity contribution in [2.24, 2.45) is 0 Å². The summed E-state index contributed by atoms with van der Waals surface area (Å²) in [5, 5.41) is 4.28. The molecule has 0 aliphatic rings. The minimum absolute atomic E-state index is 0.0956. The zero-order chi connectivity index (χ0) is 23.4. The molecule has 0 N–H and O–H groups in total. The lowest BCUT2D eigenvalue weighted by Crippen LogP contribution is -2.41. The highest BCUT2D eigenvalue weighted by Gasteiger charge is 2.39. The Morgan fingerprint density at radius 3 is 2.06 bits per heavy atom. The topological polar surface area (TPSA) is 9.23 Å². The molecule has 0 saturated carbocycles. The fourth-order valence-electron chi connectivity index (χ4n) is 3.80. The molecule has 3 heteroatoms. The van der Waals surface area contributed by atoms with Crippen LogP contribution in [0.5, 0.6) is 0 Å². The van der Waals surface area contributed by atoms with E-state index >= 15 is 0 Å². The molecule has 0 heterocycles. The van der Waals surface area contributed by atoms with Crippen molar-refractivity contribution in [1.82, 2.24) is 0 Å². The van der Waals surface area contributed by atoms with Gasteiger partial charge in [-0.25, -0.2) is 0 Å². The lowest BCUT2D eigenvalue weighted by atomic mass is 10.0. The molecule has 0 spiro atoms. The molecule has 0 aromatic heterocycles. The van der Waals surface area contributed by atoms with Gasteiger partial charge in [0.25, 0.3) is 0 Å². The molecule has 1 atom stereocenters. The van der Waals surface area contributed by atoms with Gasteiger partial charge in [-0.1, -0.05) is 118 Å². The minimum Gasteiger partial charge on any atom is -0.410 e. The number of benzene rings is 3. The quantitative estimate of drug-likeness (QED) is 0.242. The Balaban J connectivity index is 1.81. The van der Waals surface area contributed by atoms with E-state index in [0.29, 0.717) is 0 Å². The summed E-state index contributed by atoms with van der Waals surface area (Å²) in [6.07, 6.45) is 5.79. The lowest BCUT2D eigenvalue weighted by Gasteiger charge is -2.39. The van der Waals surface area contributed by atoms with Crippen LogP contribution in [0.25, 0.3) is 10.8 Å². The monoisotopic (exact) mass is 460 g/mol. The third-order valence-electron chi connectivity index (χ3n) is 7.09. The zero-order valence-electron chi connectivity index (χ0n) is 21.0. The summed E-state index contributed by atoms with van der Waals surface area (Å²) in [7, 11) is -3.36. The van der Waals surface area contributed by atoms with Crippen LogP contribution in [0.4, 0.5) is 0 Å². The van der Waals surface area contributed by atoms with Crippen molar-refractivity contribution in [3.63, 3.8) is 0 Å². The van der Waals surface area contributed by atoms with Gasteiger partial charge in [0, 0.05) is 0 Å². The van der Waals surface area contributed by atoms with Crippen LogP contribution in [0.3, 0.4) is 0 Å². The SMILES string of the molecule is CC(C)(C)[Si](C)(C)OC(C/C=C/C[Si](C)(C)c1ccccc1)c1ccc2ccccc2c1. The van der Waals surface area contributed by atoms with Crippen LogP contribution in [0, 0.1) is 0 Å². The Morgan fingerprint density at radius 2 is 1.41 bits per heavy atom. The summed E-state index contributed by atoms with van der Waals surface area (Å²) in [6, 6.07) is 27.6. The maximum absolute atomic E-state index is 6.95. The highest BCUT2D eigenvalue weighted by molar-refractivity contribution is 6.90. The molecule has 170 valence electrons. The van der Waals surface area contributed by atoms with Gasteiger partial charge in [0.05, 0.1) is 14.2 Å². The first-order valence-electron chi connectivity index (χ1n) is 11.9. The number of allylic oxidation sites excluding steroid dienone is 1. The van der Waals surface area contributed by atoms with Crippen LogP contribution in [0.1, 0.15) is 38.9 Å². The van der Waals surface area contributed by atoms with E-state index in [-0.39, 0.29) is 11.1 Å². The van der Waals surface area contributed by atoms with E-state index in [2.05, 4.69) is 132 Å². The highest BCUT2D eigenvalue weighted by atomic mass is 28.4. The van der Waals surface area contributed by atoms with Crippen molar-refractivity contribution in [2.45, 2.75) is 70.6 Å². The third kappa shape index (κ3) is 6.09. The summed E-state index contributed by atoms with van der Waals surface area (Å²) in [5.74, 6) is 0. The van der Waals surface area contributed by atoms with Crippen LogP contribution in [-0.4, -0.2) is 16.4 Å². The molecule has 1 unspecified atom stereocenters. The van der Waals surface area contributed by atoms with Gasteiger partial charge >= 0.3 is 0 Å². The smallest absolute Gasteiger partial charge is 0.192 e. The third-order valence-corrected chi connectivity index (χ3v) is 14.7. The molecule has 0 aliphatic heterocycles. The molecule has 0 amide bonds. The second kappa shape index (κ2) is 9.90. The van der Waals surface area contributed by atoms with Crippen molar-refractivity contribution in [1.29, 1.82) is 0 Å². The van der Waals surface area contributed by atoms with Gasteiger partial charge < -0.3 is 4.43 Å². The van der Waals surface area contributed by atoms with E-state index < -0.39 is 16.4 Å². The van der Waals surface area contributed by atoms with Gasteiger partial charge in [-0.2, -0.15) is 0 Å². The zero-order valence-corrected chi connectivity index (χ0v) is 23.0. The highest BCUT2D eigenvalue weighted by Crippen LogP contribution is 2.41. The second-order valence-electron chi connectivity index (χ2n) is 11.1. The van der Waals surface area contributed by atoms with Crippen LogP contribution in [0.2, 0.25) is 37.3 Å². The Kier molecular flexibility index (Phi) is 7.64. The molecule has 3 rings (SSSR count). The fraction of sp³-hybridized carbons (Fsp3) is 0.379. The molecule has 0 radical (unpaired) electrons. The van der Waals surface area contributed by atoms with E-state index in [9.17, 15) is 0 Å². The lowest BCUT2D eigenvalue weighted by molar-refractivity contribution is 0.187.